The molecule has 164 valence electrons. The molecule has 2 unspecified atom stereocenters. The number of nitrogens with one attached hydrogen (secondary N) is 1. The molecule has 0 radical (unpaired) electrons. The Morgan fingerprint density at radius 1 is 1.16 bits per heavy atom. The molecule has 2 atom stereocenters. The molecule has 5 heterocycles. The molecular weight excluding hydrogens is 424 g/mol. The molecule has 2 bridgehead atoms. The van der Waals surface area contributed by atoms with E-state index in [-0.39, 0.29) is 0 Å². The fraction of sp³-hybridized carbons (Fsp3) is 0.375. The Bertz CT molecular complexity index is 1340. The van der Waals surface area contributed by atoms with E-state index in [0.717, 1.165) is 63.3 Å². The number of rotatable bonds is 3. The fourth-order valence-electron chi connectivity index (χ4n) is 5.51. The minimum absolute atomic E-state index is 0.296. The van der Waals surface area contributed by atoms with Crippen molar-refractivity contribution in [1.29, 1.82) is 0 Å². The van der Waals surface area contributed by atoms with Gasteiger partial charge in [-0.2, -0.15) is 0 Å². The van der Waals surface area contributed by atoms with Crippen molar-refractivity contribution in [2.24, 2.45) is 5.73 Å². The van der Waals surface area contributed by atoms with Crippen LogP contribution in [-0.4, -0.2) is 45.2 Å². The van der Waals surface area contributed by atoms with E-state index in [1.807, 2.05) is 37.5 Å². The van der Waals surface area contributed by atoms with Crippen LogP contribution >= 0.6 is 11.6 Å². The lowest BCUT2D eigenvalue weighted by molar-refractivity contribution is 0.410. The molecule has 3 N–H and O–H groups in total. The Kier molecular flexibility index (Phi) is 4.52. The molecule has 2 fully saturated rings. The van der Waals surface area contributed by atoms with Gasteiger partial charge in [-0.15, -0.1) is 0 Å². The van der Waals surface area contributed by atoms with Gasteiger partial charge in [-0.25, -0.2) is 15.0 Å². The molecule has 0 amide bonds. The molecule has 8 heteroatoms. The van der Waals surface area contributed by atoms with Crippen LogP contribution in [0.5, 0.6) is 5.75 Å². The highest BCUT2D eigenvalue weighted by atomic mass is 35.5. The minimum atomic E-state index is 0.296. The number of hydrogen-bond acceptors (Lipinski definition) is 6. The number of nitrogens with zero attached hydrogens (tertiary/aromatic N) is 4. The molecule has 0 saturated carbocycles. The molecule has 7 nitrogen and oxygen atoms in total. The first kappa shape index (κ1) is 19.8. The fourth-order valence-corrected chi connectivity index (χ4v) is 5.83. The SMILES string of the molecule is COc1cc2c(Cl)c(-c3c[nH]c4nc(N5C6CCC5CC(N)C6)cnc34)ccc2nc1C. The predicted octanol–water partition coefficient (Wildman–Crippen LogP) is 4.60. The second-order valence-corrected chi connectivity index (χ2v) is 9.30. The van der Waals surface area contributed by atoms with Crippen molar-refractivity contribution in [3.8, 4) is 16.9 Å². The second-order valence-electron chi connectivity index (χ2n) is 8.92. The molecule has 2 aliphatic rings. The van der Waals surface area contributed by atoms with E-state index >= 15 is 0 Å². The van der Waals surface area contributed by atoms with E-state index in [1.54, 1.807) is 7.11 Å². The number of ether oxygens (including phenoxy) is 1. The highest BCUT2D eigenvalue weighted by molar-refractivity contribution is 6.38. The van der Waals surface area contributed by atoms with Gasteiger partial charge in [0, 0.05) is 40.8 Å². The molecule has 1 aromatic carbocycles. The number of benzene rings is 1. The Hall–Kier alpha value is -2.90. The number of anilines is 1. The summed E-state index contributed by atoms with van der Waals surface area (Å²) >= 11 is 6.85. The Morgan fingerprint density at radius 3 is 2.69 bits per heavy atom. The zero-order valence-corrected chi connectivity index (χ0v) is 18.9. The summed E-state index contributed by atoms with van der Waals surface area (Å²) < 4.78 is 5.45. The smallest absolute Gasteiger partial charge is 0.159 e. The molecule has 3 aromatic heterocycles. The zero-order chi connectivity index (χ0) is 22.0. The van der Waals surface area contributed by atoms with Crippen LogP contribution in [0.25, 0.3) is 33.2 Å². The number of methoxy groups -OCH3 is 1. The molecule has 4 aromatic rings. The van der Waals surface area contributed by atoms with Crippen molar-refractivity contribution in [1.82, 2.24) is 19.9 Å². The van der Waals surface area contributed by atoms with E-state index in [1.165, 1.54) is 12.8 Å². The van der Waals surface area contributed by atoms with Gasteiger partial charge in [0.05, 0.1) is 29.5 Å². The number of nitrogens with two attached hydrogens (primary N) is 1. The van der Waals surface area contributed by atoms with Crippen LogP contribution in [0.15, 0.2) is 30.6 Å². The van der Waals surface area contributed by atoms with Crippen molar-refractivity contribution >= 4 is 39.5 Å². The van der Waals surface area contributed by atoms with Crippen LogP contribution in [-0.2, 0) is 0 Å². The van der Waals surface area contributed by atoms with Gasteiger partial charge in [-0.05, 0) is 44.7 Å². The summed E-state index contributed by atoms with van der Waals surface area (Å²) in [6, 6.07) is 7.15. The number of hydrogen-bond donors (Lipinski definition) is 2. The molecule has 0 aliphatic carbocycles. The van der Waals surface area contributed by atoms with Crippen molar-refractivity contribution in [3.05, 3.63) is 41.3 Å². The average molecular weight is 449 g/mol. The highest BCUT2D eigenvalue weighted by Crippen LogP contribution is 2.40. The number of aryl methyl sites for hydroxylation is 1. The Labute approximate surface area is 191 Å². The summed E-state index contributed by atoms with van der Waals surface area (Å²) in [6.45, 7) is 1.93. The van der Waals surface area contributed by atoms with Crippen LogP contribution in [0.2, 0.25) is 5.02 Å². The lowest BCUT2D eigenvalue weighted by atomic mass is 9.98. The summed E-state index contributed by atoms with van der Waals surface area (Å²) in [6.07, 6.45) is 8.23. The first-order valence-electron chi connectivity index (χ1n) is 11.1. The van der Waals surface area contributed by atoms with Gasteiger partial charge in [0.15, 0.2) is 5.65 Å². The van der Waals surface area contributed by atoms with Gasteiger partial charge in [0.1, 0.15) is 17.1 Å². The number of H-pyrrole nitrogens is 1. The molecular formula is C24H25ClN6O. The summed E-state index contributed by atoms with van der Waals surface area (Å²) in [5, 5.41) is 1.48. The standard InChI is InChI=1S/C24H25ClN6O/c1-12-20(32-2)9-17-19(29-12)6-5-16(22(17)25)18-10-28-24-23(18)27-11-21(30-24)31-14-3-4-15(31)8-13(26)7-14/h5-6,9-11,13-15H,3-4,7-8,26H2,1-2H3,(H,28,30). The third-order valence-corrected chi connectivity index (χ3v) is 7.40. The van der Waals surface area contributed by atoms with Gasteiger partial charge in [-0.3, -0.25) is 0 Å². The second kappa shape index (κ2) is 7.32. The topological polar surface area (TPSA) is 93.0 Å². The van der Waals surface area contributed by atoms with E-state index in [9.17, 15) is 0 Å². The van der Waals surface area contributed by atoms with Gasteiger partial charge < -0.3 is 20.4 Å². The quantitative estimate of drug-likeness (QED) is 0.475. The maximum atomic E-state index is 6.85. The van der Waals surface area contributed by atoms with Crippen LogP contribution in [0.3, 0.4) is 0 Å². The average Bonchev–Trinajstić information content (AvgIpc) is 3.32. The third kappa shape index (κ3) is 2.95. The van der Waals surface area contributed by atoms with Gasteiger partial charge in [-0.1, -0.05) is 17.7 Å². The monoisotopic (exact) mass is 448 g/mol. The Morgan fingerprint density at radius 2 is 1.94 bits per heavy atom. The predicted molar refractivity (Wildman–Crippen MR) is 127 cm³/mol. The number of aromatic nitrogens is 4. The van der Waals surface area contributed by atoms with E-state index in [2.05, 4.69) is 14.9 Å². The van der Waals surface area contributed by atoms with Crippen LogP contribution in [0, 0.1) is 6.92 Å². The first-order chi connectivity index (χ1) is 15.5. The maximum absolute atomic E-state index is 6.85. The number of fused-ring (bicyclic) bond motifs is 4. The van der Waals surface area contributed by atoms with Gasteiger partial charge in [0.25, 0.3) is 0 Å². The van der Waals surface area contributed by atoms with Gasteiger partial charge in [0.2, 0.25) is 0 Å². The summed E-state index contributed by atoms with van der Waals surface area (Å²) in [5.74, 6) is 1.65. The first-order valence-corrected chi connectivity index (χ1v) is 11.4. The number of aromatic amines is 1. The third-order valence-electron chi connectivity index (χ3n) is 6.99. The molecule has 2 aliphatic heterocycles. The number of halogens is 1. The van der Waals surface area contributed by atoms with Crippen LogP contribution in [0.4, 0.5) is 5.82 Å². The lowest BCUT2D eigenvalue weighted by Gasteiger charge is -2.38. The molecule has 32 heavy (non-hydrogen) atoms. The normalized spacial score (nSPS) is 22.8. The minimum Gasteiger partial charge on any atom is -0.495 e. The number of pyridine rings is 1. The van der Waals surface area contributed by atoms with Crippen LogP contribution in [0.1, 0.15) is 31.4 Å². The van der Waals surface area contributed by atoms with Crippen molar-refractivity contribution in [2.45, 2.75) is 50.7 Å². The van der Waals surface area contributed by atoms with E-state index in [0.29, 0.717) is 23.1 Å². The zero-order valence-electron chi connectivity index (χ0n) is 18.1. The lowest BCUT2D eigenvalue weighted by Crippen LogP contribution is -2.47. The van der Waals surface area contributed by atoms with Crippen molar-refractivity contribution in [3.63, 3.8) is 0 Å². The summed E-state index contributed by atoms with van der Waals surface area (Å²) in [7, 11) is 1.64. The largest absolute Gasteiger partial charge is 0.495 e. The van der Waals surface area contributed by atoms with E-state index in [4.69, 9.17) is 32.0 Å². The molecule has 0 spiro atoms. The maximum Gasteiger partial charge on any atom is 0.159 e. The van der Waals surface area contributed by atoms with E-state index < -0.39 is 0 Å². The van der Waals surface area contributed by atoms with Gasteiger partial charge >= 0.3 is 0 Å². The van der Waals surface area contributed by atoms with Crippen LogP contribution < -0.4 is 15.4 Å². The summed E-state index contributed by atoms with van der Waals surface area (Å²) in [5.41, 5.74) is 11.3. The highest BCUT2D eigenvalue weighted by Gasteiger charge is 2.40. The molecule has 6 rings (SSSR count). The van der Waals surface area contributed by atoms with Crippen molar-refractivity contribution < 1.29 is 4.74 Å². The summed E-state index contributed by atoms with van der Waals surface area (Å²) in [4.78, 5) is 20.1. The molecule has 2 saturated heterocycles. The number of piperidine rings is 1. The Balaban J connectivity index is 1.42. The van der Waals surface area contributed by atoms with Crippen molar-refractivity contribution in [2.75, 3.05) is 12.0 Å².